The summed E-state index contributed by atoms with van der Waals surface area (Å²) in [5.74, 6) is 0.0570. The largest absolute Gasteiger partial charge is 0.471 e. The molecule has 4 N–H and O–H groups in total. The maximum absolute atomic E-state index is 12.8. The lowest BCUT2D eigenvalue weighted by Gasteiger charge is -2.28. The number of nitrogens with zero attached hydrogens (tertiary/aromatic N) is 8. The van der Waals surface area contributed by atoms with Gasteiger partial charge in [-0.25, -0.2) is 18.4 Å². The molecule has 15 heteroatoms. The Bertz CT molecular complexity index is 2800. The van der Waals surface area contributed by atoms with Crippen LogP contribution in [0.3, 0.4) is 0 Å². The predicted molar refractivity (Wildman–Crippen MR) is 245 cm³/mol. The molecule has 5 heterocycles. The predicted octanol–water partition coefficient (Wildman–Crippen LogP) is 7.89. The number of amides is 1. The average molecular weight is 865 g/mol. The zero-order valence-electron chi connectivity index (χ0n) is 36.4. The van der Waals surface area contributed by atoms with Gasteiger partial charge in [0.05, 0.1) is 30.5 Å². The molecule has 6 aromatic rings. The number of rotatable bonds is 17. The van der Waals surface area contributed by atoms with Crippen molar-refractivity contribution in [1.82, 2.24) is 40.2 Å². The van der Waals surface area contributed by atoms with E-state index in [0.717, 1.165) is 53.2 Å². The molecule has 0 fully saturated rings. The van der Waals surface area contributed by atoms with Crippen LogP contribution in [0.15, 0.2) is 134 Å². The number of carbonyl (C=O) groups excluding carboxylic acids is 1. The number of anilines is 2. The number of nitrogens with two attached hydrogens (primary N) is 1. The summed E-state index contributed by atoms with van der Waals surface area (Å²) in [4.78, 5) is 30.3. The van der Waals surface area contributed by atoms with E-state index in [1.165, 1.54) is 23.3 Å². The van der Waals surface area contributed by atoms with Gasteiger partial charge in [-0.1, -0.05) is 96.3 Å². The number of allylic oxidation sites excluding steroid dienone is 8. The number of likely N-dealkylation sites (N-methyl/N-ethyl adjacent to an activating group) is 1. The summed E-state index contributed by atoms with van der Waals surface area (Å²) < 4.78 is 35.9. The van der Waals surface area contributed by atoms with Gasteiger partial charge in [-0.3, -0.25) is 4.79 Å². The highest BCUT2D eigenvalue weighted by Gasteiger charge is 2.44. The highest BCUT2D eigenvalue weighted by molar-refractivity contribution is 6.03. The number of aromatic amines is 1. The molecule has 3 aromatic carbocycles. The fraction of sp³-hybridized carbons (Fsp3) is 0.286. The second-order valence-electron chi connectivity index (χ2n) is 16.7. The zero-order chi connectivity index (χ0) is 44.8. The summed E-state index contributed by atoms with van der Waals surface area (Å²) in [5.41, 5.74) is 15.6. The maximum Gasteiger partial charge on any atom is 0.255 e. The summed E-state index contributed by atoms with van der Waals surface area (Å²) in [6, 6.07) is 24.6. The van der Waals surface area contributed by atoms with Gasteiger partial charge in [-0.05, 0) is 56.0 Å². The van der Waals surface area contributed by atoms with Crippen LogP contribution in [0.1, 0.15) is 61.6 Å². The standard InChI is InChI=1S/C49H51F2N11O2/c1-48(2)36-16-10-13-19-39(36)62(40(48)20-8-6-5-7-9-21-41-49(3,27-43(63)53-28-42(50)51)37-17-11-12-18-38(37)60(41)4)26-14-15-35-30-61(59-58-35)29-33-22-24-34(25-23-33)31-64-46-44-45(55-32-54-44)56-47(52)57-46/h5-13,16-25,30,32,42H,14-15,26-29,31H2,1-4H3,(H3-,52,53,54,55,56,57,58,59,63)/p+1. The van der Waals surface area contributed by atoms with Crippen LogP contribution in [-0.2, 0) is 35.2 Å². The fourth-order valence-corrected chi connectivity index (χ4v) is 8.75. The van der Waals surface area contributed by atoms with Crippen molar-refractivity contribution in [1.29, 1.82) is 0 Å². The number of H-pyrrole nitrogens is 1. The topological polar surface area (TPSA) is 156 Å². The van der Waals surface area contributed by atoms with Crippen LogP contribution in [0, 0.1) is 0 Å². The van der Waals surface area contributed by atoms with E-state index in [2.05, 4.69) is 107 Å². The van der Waals surface area contributed by atoms with E-state index in [-0.39, 0.29) is 17.8 Å². The highest BCUT2D eigenvalue weighted by atomic mass is 19.3. The summed E-state index contributed by atoms with van der Waals surface area (Å²) >= 11 is 0. The van der Waals surface area contributed by atoms with Crippen LogP contribution in [0.2, 0.25) is 0 Å². The number of hydrogen-bond donors (Lipinski definition) is 3. The maximum atomic E-state index is 12.8. The Morgan fingerprint density at radius 3 is 2.50 bits per heavy atom. The van der Waals surface area contributed by atoms with Gasteiger partial charge >= 0.3 is 0 Å². The average Bonchev–Trinajstić information content (AvgIpc) is 4.03. The minimum absolute atomic E-state index is 0.0565. The molecule has 0 aliphatic carbocycles. The molecule has 0 spiro atoms. The number of fused-ring (bicyclic) bond motifs is 3. The molecule has 0 radical (unpaired) electrons. The number of nitrogens with one attached hydrogen (secondary N) is 2. The molecule has 1 unspecified atom stereocenters. The van der Waals surface area contributed by atoms with Crippen molar-refractivity contribution in [2.24, 2.45) is 0 Å². The van der Waals surface area contributed by atoms with E-state index >= 15 is 0 Å². The van der Waals surface area contributed by atoms with Gasteiger partial charge in [0.25, 0.3) is 6.43 Å². The molecule has 13 nitrogen and oxygen atoms in total. The van der Waals surface area contributed by atoms with Crippen molar-refractivity contribution >= 4 is 40.1 Å². The first-order chi connectivity index (χ1) is 30.9. The minimum atomic E-state index is -2.60. The number of hydrogen-bond acceptors (Lipinski definition) is 9. The van der Waals surface area contributed by atoms with Crippen molar-refractivity contribution in [2.45, 2.75) is 70.4 Å². The van der Waals surface area contributed by atoms with Gasteiger partial charge in [0.2, 0.25) is 23.4 Å². The van der Waals surface area contributed by atoms with Crippen molar-refractivity contribution in [2.75, 3.05) is 30.8 Å². The van der Waals surface area contributed by atoms with Crippen molar-refractivity contribution in [3.05, 3.63) is 161 Å². The van der Waals surface area contributed by atoms with E-state index in [4.69, 9.17) is 10.5 Å². The van der Waals surface area contributed by atoms with Crippen molar-refractivity contribution in [3.8, 4) is 5.88 Å². The highest BCUT2D eigenvalue weighted by Crippen LogP contribution is 2.49. The van der Waals surface area contributed by atoms with Crippen LogP contribution < -0.4 is 20.7 Å². The second-order valence-corrected chi connectivity index (χ2v) is 16.7. The van der Waals surface area contributed by atoms with Crippen molar-refractivity contribution in [3.63, 3.8) is 0 Å². The van der Waals surface area contributed by atoms with E-state index in [0.29, 0.717) is 30.2 Å². The number of para-hydroxylation sites is 2. The molecule has 328 valence electrons. The normalized spacial score (nSPS) is 17.5. The SMILES string of the molecule is CN1/C(=C/C=C/C=C/C=C/C2=[N+](CCCc3cn(Cc4ccc(COc5nc(N)nc6nc[nH]c56)cc4)nn3)c3ccccc3C2(C)C)C(C)(CC(=O)NCC(F)F)c2ccccc21. The fourth-order valence-electron chi connectivity index (χ4n) is 8.75. The molecule has 0 saturated heterocycles. The number of ether oxygens (including phenoxy) is 1. The van der Waals surface area contributed by atoms with Gasteiger partial charge in [-0.15, -0.1) is 5.10 Å². The van der Waals surface area contributed by atoms with E-state index in [1.807, 2.05) is 91.6 Å². The number of imidazole rings is 1. The number of benzene rings is 3. The third-order valence-electron chi connectivity index (χ3n) is 11.9. The van der Waals surface area contributed by atoms with Gasteiger partial charge in [0.1, 0.15) is 18.7 Å². The van der Waals surface area contributed by atoms with Crippen LogP contribution in [0.4, 0.5) is 26.1 Å². The Morgan fingerprint density at radius 1 is 0.953 bits per heavy atom. The summed E-state index contributed by atoms with van der Waals surface area (Å²) in [7, 11) is 1.97. The first kappa shape index (κ1) is 43.4. The first-order valence-electron chi connectivity index (χ1n) is 21.3. The monoisotopic (exact) mass is 864 g/mol. The number of halogens is 2. The first-order valence-corrected chi connectivity index (χ1v) is 21.3. The molecule has 2 aliphatic heterocycles. The van der Waals surface area contributed by atoms with Crippen LogP contribution in [-0.4, -0.2) is 77.7 Å². The van der Waals surface area contributed by atoms with E-state index < -0.39 is 24.3 Å². The lowest BCUT2D eigenvalue weighted by atomic mass is 9.78. The third-order valence-corrected chi connectivity index (χ3v) is 11.9. The summed E-state index contributed by atoms with van der Waals surface area (Å²) in [6.45, 7) is 7.58. The van der Waals surface area contributed by atoms with Crippen LogP contribution in [0.5, 0.6) is 5.88 Å². The second kappa shape index (κ2) is 18.6. The lowest BCUT2D eigenvalue weighted by molar-refractivity contribution is -0.438. The molecule has 0 saturated carbocycles. The number of carbonyl (C=O) groups is 1. The molecular formula is C49H52F2N11O2+. The van der Waals surface area contributed by atoms with Crippen LogP contribution >= 0.6 is 0 Å². The van der Waals surface area contributed by atoms with Gasteiger partial charge < -0.3 is 25.7 Å². The molecule has 1 atom stereocenters. The van der Waals surface area contributed by atoms with Gasteiger partial charge in [0.15, 0.2) is 11.4 Å². The Labute approximate surface area is 370 Å². The smallest absolute Gasteiger partial charge is 0.255 e. The van der Waals surface area contributed by atoms with Crippen LogP contribution in [0.25, 0.3) is 11.2 Å². The summed E-state index contributed by atoms with van der Waals surface area (Å²) in [5, 5.41) is 11.3. The number of alkyl halides is 2. The Morgan fingerprint density at radius 2 is 1.69 bits per heavy atom. The van der Waals surface area contributed by atoms with Gasteiger partial charge in [-0.2, -0.15) is 14.5 Å². The quantitative estimate of drug-likeness (QED) is 0.0613. The zero-order valence-corrected chi connectivity index (χ0v) is 36.4. The molecule has 0 bridgehead atoms. The molecule has 64 heavy (non-hydrogen) atoms. The molecule has 3 aromatic heterocycles. The molecule has 8 rings (SSSR count). The van der Waals surface area contributed by atoms with E-state index in [9.17, 15) is 13.6 Å². The van der Waals surface area contributed by atoms with Gasteiger partial charge in [0, 0.05) is 60.6 Å². The third kappa shape index (κ3) is 9.24. The Balaban J connectivity index is 0.886. The van der Waals surface area contributed by atoms with Crippen molar-refractivity contribution < 1.29 is 22.9 Å². The molecular weight excluding hydrogens is 813 g/mol. The minimum Gasteiger partial charge on any atom is -0.471 e. The Hall–Kier alpha value is -7.29. The number of nitrogen functional groups attached to an aromatic ring is 1. The number of aryl methyl sites for hydroxylation is 1. The molecule has 2 aliphatic rings. The molecule has 1 amide bonds. The number of aromatic nitrogens is 7. The Kier molecular flexibility index (Phi) is 12.6. The lowest BCUT2D eigenvalue weighted by Crippen LogP contribution is -2.36. The van der Waals surface area contributed by atoms with E-state index in [1.54, 1.807) is 0 Å². The summed E-state index contributed by atoms with van der Waals surface area (Å²) in [6.07, 6.45) is 16.8.